The second-order valence-electron chi connectivity index (χ2n) is 2.65. The number of hydrogen-bond acceptors (Lipinski definition) is 2. The molecule has 10 heavy (non-hydrogen) atoms. The van der Waals surface area contributed by atoms with E-state index >= 15 is 0 Å². The molecule has 1 rings (SSSR count). The van der Waals surface area contributed by atoms with Crippen LogP contribution in [0.1, 0.15) is 13.3 Å². The summed E-state index contributed by atoms with van der Waals surface area (Å²) in [6.45, 7) is 2.91. The highest BCUT2D eigenvalue weighted by molar-refractivity contribution is 5.74. The zero-order valence-electron chi connectivity index (χ0n) is 6.04. The summed E-state index contributed by atoms with van der Waals surface area (Å²) in [5, 5.41) is 0. The Hall–Kier alpha value is -0.860. The average Bonchev–Trinajstić information content (AvgIpc) is 2.34. The van der Waals surface area contributed by atoms with Crippen LogP contribution < -0.4 is 0 Å². The Labute approximate surface area is 60.0 Å². The molecule has 0 unspecified atom stereocenters. The molecule has 0 spiro atoms. The van der Waals surface area contributed by atoms with E-state index in [4.69, 9.17) is 0 Å². The number of nitrogens with zero attached hydrogens (tertiary/aromatic N) is 1. The van der Waals surface area contributed by atoms with Crippen LogP contribution in [-0.4, -0.2) is 30.2 Å². The van der Waals surface area contributed by atoms with Gasteiger partial charge in [0.2, 0.25) is 5.91 Å². The quantitative estimate of drug-likeness (QED) is 0.484. The summed E-state index contributed by atoms with van der Waals surface area (Å²) >= 11 is 0. The number of amides is 1. The Kier molecular flexibility index (Phi) is 2.04. The van der Waals surface area contributed by atoms with Crippen molar-refractivity contribution in [2.75, 3.05) is 13.1 Å². The molecule has 3 heteroatoms. The van der Waals surface area contributed by atoms with Gasteiger partial charge < -0.3 is 9.69 Å². The average molecular weight is 141 g/mol. The van der Waals surface area contributed by atoms with Gasteiger partial charge >= 0.3 is 0 Å². The van der Waals surface area contributed by atoms with Gasteiger partial charge in [-0.2, -0.15) is 0 Å². The zero-order chi connectivity index (χ0) is 7.56. The summed E-state index contributed by atoms with van der Waals surface area (Å²) in [4.78, 5) is 22.7. The summed E-state index contributed by atoms with van der Waals surface area (Å²) in [5.74, 6) is 0.160. The Bertz CT molecular complexity index is 156. The number of likely N-dealkylation sites (tertiary alicyclic amines) is 1. The summed E-state index contributed by atoms with van der Waals surface area (Å²) in [6.07, 6.45) is 1.77. The van der Waals surface area contributed by atoms with Crippen molar-refractivity contribution in [2.24, 2.45) is 5.92 Å². The normalized spacial score (nSPS) is 24.9. The Morgan fingerprint density at radius 3 is 2.70 bits per heavy atom. The molecule has 1 aliphatic heterocycles. The van der Waals surface area contributed by atoms with Crippen LogP contribution in [-0.2, 0) is 9.59 Å². The molecule has 0 N–H and O–H groups in total. The lowest BCUT2D eigenvalue weighted by Crippen LogP contribution is -2.25. The molecule has 1 saturated heterocycles. The van der Waals surface area contributed by atoms with Crippen LogP contribution in [0.25, 0.3) is 0 Å². The fourth-order valence-corrected chi connectivity index (χ4v) is 1.18. The van der Waals surface area contributed by atoms with E-state index in [-0.39, 0.29) is 11.8 Å². The largest absolute Gasteiger partial charge is 0.342 e. The molecule has 3 nitrogen and oxygen atoms in total. The van der Waals surface area contributed by atoms with Crippen LogP contribution in [0.4, 0.5) is 0 Å². The first-order valence-corrected chi connectivity index (χ1v) is 3.45. The maximum Gasteiger partial charge on any atom is 0.219 e. The van der Waals surface area contributed by atoms with E-state index < -0.39 is 0 Å². The van der Waals surface area contributed by atoms with Gasteiger partial charge in [0.15, 0.2) is 0 Å². The summed E-state index contributed by atoms with van der Waals surface area (Å²) < 4.78 is 0. The van der Waals surface area contributed by atoms with Gasteiger partial charge in [-0.05, 0) is 6.42 Å². The van der Waals surface area contributed by atoms with Gasteiger partial charge in [-0.25, -0.2) is 0 Å². The van der Waals surface area contributed by atoms with E-state index in [1.807, 2.05) is 0 Å². The molecule has 56 valence electrons. The van der Waals surface area contributed by atoms with Crippen molar-refractivity contribution in [2.45, 2.75) is 13.3 Å². The highest BCUT2D eigenvalue weighted by Gasteiger charge is 2.22. The minimum Gasteiger partial charge on any atom is -0.342 e. The molecule has 1 heterocycles. The van der Waals surface area contributed by atoms with E-state index in [1.54, 1.807) is 4.90 Å². The van der Waals surface area contributed by atoms with Crippen LogP contribution >= 0.6 is 0 Å². The van der Waals surface area contributed by atoms with Gasteiger partial charge in [0.05, 0.1) is 0 Å². The monoisotopic (exact) mass is 141 g/mol. The molecule has 0 radical (unpaired) electrons. The molecule has 0 bridgehead atoms. The van der Waals surface area contributed by atoms with Crippen LogP contribution in [0.2, 0.25) is 0 Å². The van der Waals surface area contributed by atoms with Crippen molar-refractivity contribution in [3.63, 3.8) is 0 Å². The highest BCUT2D eigenvalue weighted by Crippen LogP contribution is 2.12. The topological polar surface area (TPSA) is 37.4 Å². The van der Waals surface area contributed by atoms with E-state index in [0.29, 0.717) is 6.54 Å². The van der Waals surface area contributed by atoms with Gasteiger partial charge in [-0.1, -0.05) is 0 Å². The Morgan fingerprint density at radius 2 is 2.40 bits per heavy atom. The number of carbonyl (C=O) groups excluding carboxylic acids is 2. The third kappa shape index (κ3) is 1.35. The van der Waals surface area contributed by atoms with Crippen LogP contribution in [0, 0.1) is 5.92 Å². The van der Waals surface area contributed by atoms with Gasteiger partial charge in [0.25, 0.3) is 0 Å². The minimum absolute atomic E-state index is 0.0735. The second-order valence-corrected chi connectivity index (χ2v) is 2.65. The van der Waals surface area contributed by atoms with Gasteiger partial charge in [0, 0.05) is 25.9 Å². The predicted molar refractivity (Wildman–Crippen MR) is 36.4 cm³/mol. The fourth-order valence-electron chi connectivity index (χ4n) is 1.18. The van der Waals surface area contributed by atoms with E-state index in [2.05, 4.69) is 0 Å². The van der Waals surface area contributed by atoms with Gasteiger partial charge in [-0.15, -0.1) is 0 Å². The highest BCUT2D eigenvalue weighted by atomic mass is 16.2. The molecule has 0 aromatic carbocycles. The summed E-state index contributed by atoms with van der Waals surface area (Å²) in [5.41, 5.74) is 0. The number of rotatable bonds is 1. The van der Waals surface area contributed by atoms with E-state index in [9.17, 15) is 9.59 Å². The third-order valence-corrected chi connectivity index (χ3v) is 1.86. The van der Waals surface area contributed by atoms with Crippen LogP contribution in [0.5, 0.6) is 0 Å². The molecular weight excluding hydrogens is 130 g/mol. The standard InChI is InChI=1S/C7H11NO2/c1-6(10)8-3-2-7(4-8)5-9/h5,7H,2-4H2,1H3/t7-/m1/s1. The number of hydrogen-bond donors (Lipinski definition) is 0. The SMILES string of the molecule is CC(=O)N1CC[C@@H](C=O)C1. The lowest BCUT2D eigenvalue weighted by Gasteiger charge is -2.11. The minimum atomic E-state index is 0.0735. The van der Waals surface area contributed by atoms with Crippen molar-refractivity contribution in [3.05, 3.63) is 0 Å². The Balaban J connectivity index is 2.42. The molecule has 1 amide bonds. The van der Waals surface area contributed by atoms with Crippen molar-refractivity contribution in [1.82, 2.24) is 4.90 Å². The van der Waals surface area contributed by atoms with Crippen molar-refractivity contribution >= 4 is 12.2 Å². The smallest absolute Gasteiger partial charge is 0.219 e. The molecular formula is C7H11NO2. The number of carbonyl (C=O) groups is 2. The lowest BCUT2D eigenvalue weighted by molar-refractivity contribution is -0.127. The van der Waals surface area contributed by atoms with Crippen LogP contribution in [0.15, 0.2) is 0 Å². The maximum absolute atomic E-state index is 10.7. The van der Waals surface area contributed by atoms with Crippen LogP contribution in [0.3, 0.4) is 0 Å². The fraction of sp³-hybridized carbons (Fsp3) is 0.714. The molecule has 1 fully saturated rings. The third-order valence-electron chi connectivity index (χ3n) is 1.86. The molecule has 1 atom stereocenters. The first-order chi connectivity index (χ1) is 4.74. The molecule has 0 aromatic heterocycles. The predicted octanol–water partition coefficient (Wildman–Crippen LogP) is 0.0537. The van der Waals surface area contributed by atoms with Crippen molar-refractivity contribution in [1.29, 1.82) is 0 Å². The summed E-state index contributed by atoms with van der Waals surface area (Å²) in [7, 11) is 0. The zero-order valence-corrected chi connectivity index (χ0v) is 6.04. The molecule has 0 saturated carbocycles. The lowest BCUT2D eigenvalue weighted by atomic mass is 10.1. The van der Waals surface area contributed by atoms with Crippen molar-refractivity contribution < 1.29 is 9.59 Å². The van der Waals surface area contributed by atoms with E-state index in [0.717, 1.165) is 19.3 Å². The molecule has 0 aliphatic carbocycles. The molecule has 1 aliphatic rings. The second kappa shape index (κ2) is 2.82. The molecule has 0 aromatic rings. The maximum atomic E-state index is 10.7. The van der Waals surface area contributed by atoms with E-state index in [1.165, 1.54) is 6.92 Å². The van der Waals surface area contributed by atoms with Crippen molar-refractivity contribution in [3.8, 4) is 0 Å². The van der Waals surface area contributed by atoms with Gasteiger partial charge in [-0.3, -0.25) is 4.79 Å². The first-order valence-electron chi connectivity index (χ1n) is 3.45. The Morgan fingerprint density at radius 1 is 1.70 bits per heavy atom. The first kappa shape index (κ1) is 7.25. The summed E-state index contributed by atoms with van der Waals surface area (Å²) in [6, 6.07) is 0. The van der Waals surface area contributed by atoms with Gasteiger partial charge in [0.1, 0.15) is 6.29 Å². The number of aldehydes is 1.